The third-order valence-electron chi connectivity index (χ3n) is 10.4. The van der Waals surface area contributed by atoms with Crippen LogP contribution in [0.1, 0.15) is 178 Å². The molecule has 2 amide bonds. The molecule has 14 heteroatoms. The van der Waals surface area contributed by atoms with Gasteiger partial charge in [0, 0.05) is 31.7 Å². The van der Waals surface area contributed by atoms with Crippen molar-refractivity contribution in [1.29, 1.82) is 0 Å². The van der Waals surface area contributed by atoms with Gasteiger partial charge in [0.1, 0.15) is 0 Å². The van der Waals surface area contributed by atoms with E-state index in [0.29, 0.717) is 19.4 Å². The number of benzene rings is 1. The Hall–Kier alpha value is -4.46. The van der Waals surface area contributed by atoms with Gasteiger partial charge in [0.25, 0.3) is 11.7 Å². The molecule has 3 aromatic rings. The number of amides is 2. The lowest BCUT2D eigenvalue weighted by Crippen LogP contribution is -2.24. The second-order valence-corrected chi connectivity index (χ2v) is 14.7. The van der Waals surface area contributed by atoms with Gasteiger partial charge in [-0.1, -0.05) is 130 Å². The second-order valence-electron chi connectivity index (χ2n) is 14.7. The maximum atomic E-state index is 12.4. The number of nitrogens with one attached hydrogen (secondary N) is 2. The molecular weight excluding hydrogens is 680 g/mol. The maximum absolute atomic E-state index is 12.4. The number of ketones is 1. The van der Waals surface area contributed by atoms with Crippen molar-refractivity contribution in [2.75, 3.05) is 0 Å². The van der Waals surface area contributed by atoms with Gasteiger partial charge in [0.2, 0.25) is 29.3 Å². The van der Waals surface area contributed by atoms with Gasteiger partial charge >= 0.3 is 5.97 Å². The Labute approximate surface area is 311 Å². The summed E-state index contributed by atoms with van der Waals surface area (Å²) in [6, 6.07) is 7.87. The molecule has 5 rings (SSSR count). The molecule has 14 nitrogen and oxygen atoms in total. The molecule has 2 saturated carbocycles. The Balaban J connectivity index is 0.000000251. The van der Waals surface area contributed by atoms with E-state index in [1.807, 2.05) is 31.2 Å². The molecule has 0 aliphatic heterocycles. The largest absolute Gasteiger partial charge is 0.481 e. The standard InChI is InChI=1S/C23H32N4O4.C16H24N2O4/c1-16-10-12-18(13-11-16)15-24-22(29)21-25-23(31-27-21)19(14-20(28)26-30)9-5-8-17-6-3-2-4-7-17;1-11(19)15-17-16(22-18-15)13(10-14(20)21)9-5-8-12-6-3-2-4-7-12/h10-13,17,19,30H,2-9,14-15H2,1H3,(H,24,29)(H,26,28);12-13H,2-10H2,1H3,(H,20,21)/t19-;13-/m11/s1. The van der Waals surface area contributed by atoms with E-state index in [1.54, 1.807) is 5.48 Å². The maximum Gasteiger partial charge on any atom is 0.304 e. The van der Waals surface area contributed by atoms with E-state index >= 15 is 0 Å². The molecule has 1 aromatic carbocycles. The third-order valence-corrected chi connectivity index (χ3v) is 10.4. The molecule has 0 radical (unpaired) electrons. The van der Waals surface area contributed by atoms with Crippen molar-refractivity contribution in [1.82, 2.24) is 31.1 Å². The third kappa shape index (κ3) is 14.5. The Morgan fingerprint density at radius 2 is 1.28 bits per heavy atom. The second kappa shape index (κ2) is 21.9. The van der Waals surface area contributed by atoms with E-state index in [9.17, 15) is 19.2 Å². The Morgan fingerprint density at radius 1 is 0.774 bits per heavy atom. The highest BCUT2D eigenvalue weighted by Gasteiger charge is 2.26. The Morgan fingerprint density at radius 3 is 1.77 bits per heavy atom. The summed E-state index contributed by atoms with van der Waals surface area (Å²) in [5.41, 5.74) is 3.80. The molecule has 2 aromatic heterocycles. The van der Waals surface area contributed by atoms with Crippen molar-refractivity contribution in [2.45, 2.75) is 148 Å². The molecule has 2 aliphatic carbocycles. The van der Waals surface area contributed by atoms with Crippen LogP contribution in [0.2, 0.25) is 0 Å². The predicted molar refractivity (Wildman–Crippen MR) is 194 cm³/mol. The first-order chi connectivity index (χ1) is 25.6. The zero-order valence-electron chi connectivity index (χ0n) is 31.2. The van der Waals surface area contributed by atoms with E-state index in [-0.39, 0.29) is 53.9 Å². The van der Waals surface area contributed by atoms with Crippen LogP contribution in [0.4, 0.5) is 0 Å². The minimum atomic E-state index is -0.884. The van der Waals surface area contributed by atoms with Crippen LogP contribution in [0.3, 0.4) is 0 Å². The minimum absolute atomic E-state index is 0.0256. The fourth-order valence-electron chi connectivity index (χ4n) is 7.37. The van der Waals surface area contributed by atoms with Gasteiger partial charge in [0.15, 0.2) is 0 Å². The van der Waals surface area contributed by atoms with Gasteiger partial charge in [-0.2, -0.15) is 9.97 Å². The van der Waals surface area contributed by atoms with Gasteiger partial charge in [-0.05, 0) is 37.2 Å². The fraction of sp³-hybridized carbons (Fsp3) is 0.641. The molecule has 4 N–H and O–H groups in total. The summed E-state index contributed by atoms with van der Waals surface area (Å²) in [4.78, 5) is 54.7. The highest BCUT2D eigenvalue weighted by molar-refractivity contribution is 5.90. The van der Waals surface area contributed by atoms with Crippen molar-refractivity contribution in [2.24, 2.45) is 11.8 Å². The summed E-state index contributed by atoms with van der Waals surface area (Å²) >= 11 is 0. The molecule has 0 unspecified atom stereocenters. The number of aliphatic carboxylic acids is 1. The number of hydrogen-bond acceptors (Lipinski definition) is 11. The van der Waals surface area contributed by atoms with Crippen LogP contribution < -0.4 is 10.8 Å². The van der Waals surface area contributed by atoms with Crippen molar-refractivity contribution in [3.8, 4) is 0 Å². The highest BCUT2D eigenvalue weighted by Crippen LogP contribution is 2.32. The predicted octanol–water partition coefficient (Wildman–Crippen LogP) is 7.62. The van der Waals surface area contributed by atoms with Crippen LogP contribution in [-0.4, -0.2) is 54.2 Å². The van der Waals surface area contributed by atoms with Crippen molar-refractivity contribution >= 4 is 23.6 Å². The number of carbonyl (C=O) groups is 4. The van der Waals surface area contributed by atoms with Crippen LogP contribution in [-0.2, 0) is 16.1 Å². The van der Waals surface area contributed by atoms with Gasteiger partial charge < -0.3 is 19.5 Å². The monoisotopic (exact) mass is 736 g/mol. The van der Waals surface area contributed by atoms with Crippen LogP contribution in [0, 0.1) is 18.8 Å². The molecule has 2 fully saturated rings. The number of Topliss-reactive ketones (excluding diaryl/α,β-unsaturated/α-hetero) is 1. The van der Waals surface area contributed by atoms with Gasteiger partial charge in [0.05, 0.1) is 6.42 Å². The first-order valence-corrected chi connectivity index (χ1v) is 19.3. The highest BCUT2D eigenvalue weighted by atomic mass is 16.5. The summed E-state index contributed by atoms with van der Waals surface area (Å²) in [6.45, 7) is 3.73. The average molecular weight is 737 g/mol. The van der Waals surface area contributed by atoms with Crippen molar-refractivity contribution < 1.29 is 38.5 Å². The summed E-state index contributed by atoms with van der Waals surface area (Å²) in [7, 11) is 0. The van der Waals surface area contributed by atoms with Crippen LogP contribution in [0.5, 0.6) is 0 Å². The quantitative estimate of drug-likeness (QED) is 0.0564. The molecule has 0 spiro atoms. The van der Waals surface area contributed by atoms with E-state index in [2.05, 4.69) is 25.6 Å². The molecule has 2 heterocycles. The smallest absolute Gasteiger partial charge is 0.304 e. The lowest BCUT2D eigenvalue weighted by molar-refractivity contribution is -0.137. The summed E-state index contributed by atoms with van der Waals surface area (Å²) in [6.07, 6.45) is 18.5. The van der Waals surface area contributed by atoms with E-state index < -0.39 is 17.8 Å². The molecule has 2 aliphatic rings. The SMILES string of the molecule is CC(=O)c1noc([C@H](CCCC2CCCCC2)CC(=O)O)n1.Cc1ccc(CNC(=O)c2noc([C@H](CCCC3CCCCC3)CC(=O)NO)n2)cc1. The lowest BCUT2D eigenvalue weighted by atomic mass is 9.84. The minimum Gasteiger partial charge on any atom is -0.481 e. The molecule has 290 valence electrons. The number of carboxylic acid groups (broad SMARTS) is 1. The number of carboxylic acids is 1. The van der Waals surface area contributed by atoms with Gasteiger partial charge in [-0.3, -0.25) is 24.4 Å². The number of aryl methyl sites for hydroxylation is 1. The number of aromatic nitrogens is 4. The first-order valence-electron chi connectivity index (χ1n) is 19.3. The van der Waals surface area contributed by atoms with Gasteiger partial charge in [-0.15, -0.1) is 0 Å². The average Bonchev–Trinajstić information content (AvgIpc) is 3.86. The van der Waals surface area contributed by atoms with Crippen LogP contribution in [0.15, 0.2) is 33.3 Å². The van der Waals surface area contributed by atoms with E-state index in [0.717, 1.165) is 48.6 Å². The molecule has 2 atom stereocenters. The summed E-state index contributed by atoms with van der Waals surface area (Å²) in [5, 5.41) is 28.2. The van der Waals surface area contributed by atoms with E-state index in [1.165, 1.54) is 71.1 Å². The summed E-state index contributed by atoms with van der Waals surface area (Å²) < 4.78 is 10.4. The number of hydroxylamine groups is 1. The van der Waals surface area contributed by atoms with Crippen LogP contribution >= 0.6 is 0 Å². The topological polar surface area (TPSA) is 211 Å². The lowest BCUT2D eigenvalue weighted by Gasteiger charge is -2.22. The Bertz CT molecular complexity index is 1580. The number of carbonyl (C=O) groups excluding carboxylic acids is 3. The normalized spacial score (nSPS) is 16.2. The zero-order chi connectivity index (χ0) is 38.0. The fourth-order valence-corrected chi connectivity index (χ4v) is 7.37. The zero-order valence-corrected chi connectivity index (χ0v) is 31.2. The molecule has 0 saturated heterocycles. The Kier molecular flexibility index (Phi) is 17.1. The molecule has 0 bridgehead atoms. The van der Waals surface area contributed by atoms with E-state index in [4.69, 9.17) is 19.4 Å². The summed E-state index contributed by atoms with van der Waals surface area (Å²) in [5.74, 6) is -0.707. The van der Waals surface area contributed by atoms with Crippen molar-refractivity contribution in [3.05, 3.63) is 58.8 Å². The molecular formula is C39H56N6O8. The van der Waals surface area contributed by atoms with Crippen molar-refractivity contribution in [3.63, 3.8) is 0 Å². The number of nitrogens with zero attached hydrogens (tertiary/aromatic N) is 4. The van der Waals surface area contributed by atoms with Crippen LogP contribution in [0.25, 0.3) is 0 Å². The number of rotatable bonds is 18. The number of hydrogen-bond donors (Lipinski definition) is 4. The molecule has 53 heavy (non-hydrogen) atoms. The first kappa shape index (κ1) is 41.3. The van der Waals surface area contributed by atoms with Gasteiger partial charge in [-0.25, -0.2) is 5.48 Å².